The molecule has 0 bridgehead atoms. The number of non-ortho nitro benzene ring substituents is 1. The van der Waals surface area contributed by atoms with Gasteiger partial charge in [-0.2, -0.15) is 0 Å². The quantitative estimate of drug-likeness (QED) is 0.601. The van der Waals surface area contributed by atoms with Crippen LogP contribution >= 0.6 is 0 Å². The third-order valence-corrected chi connectivity index (χ3v) is 3.89. The number of ether oxygens (including phenoxy) is 1. The molecule has 1 atom stereocenters. The Morgan fingerprint density at radius 2 is 1.96 bits per heavy atom. The molecule has 6 heteroatoms. The Morgan fingerprint density at radius 1 is 1.25 bits per heavy atom. The summed E-state index contributed by atoms with van der Waals surface area (Å²) in [6.07, 6.45) is 0. The number of carbonyl (C=O) groups excluding carboxylic acids is 1. The standard InChI is InChI=1S/C18H20N2O4/c1-13-6-4-9-17(10-13)24-12-18(21)19(3)14(2)15-7-5-8-16(11-15)20(22)23/h4-11,14H,12H2,1-3H3/t14-/m1/s1. The number of nitro groups is 1. The lowest BCUT2D eigenvalue weighted by molar-refractivity contribution is -0.384. The lowest BCUT2D eigenvalue weighted by Crippen LogP contribution is -2.33. The summed E-state index contributed by atoms with van der Waals surface area (Å²) in [5, 5.41) is 10.9. The van der Waals surface area contributed by atoms with Gasteiger partial charge in [-0.15, -0.1) is 0 Å². The van der Waals surface area contributed by atoms with E-state index in [9.17, 15) is 14.9 Å². The molecule has 24 heavy (non-hydrogen) atoms. The van der Waals surface area contributed by atoms with Gasteiger partial charge in [0.05, 0.1) is 11.0 Å². The van der Waals surface area contributed by atoms with Crippen molar-refractivity contribution in [2.24, 2.45) is 0 Å². The Labute approximate surface area is 140 Å². The van der Waals surface area contributed by atoms with Crippen molar-refractivity contribution in [1.29, 1.82) is 0 Å². The molecule has 0 aromatic heterocycles. The van der Waals surface area contributed by atoms with E-state index < -0.39 is 4.92 Å². The molecule has 0 aliphatic carbocycles. The van der Waals surface area contributed by atoms with Crippen LogP contribution in [0.3, 0.4) is 0 Å². The molecule has 2 rings (SSSR count). The lowest BCUT2D eigenvalue weighted by atomic mass is 10.1. The Kier molecular flexibility index (Phi) is 5.52. The van der Waals surface area contributed by atoms with E-state index in [0.717, 1.165) is 5.56 Å². The van der Waals surface area contributed by atoms with E-state index in [2.05, 4.69) is 0 Å². The third-order valence-electron chi connectivity index (χ3n) is 3.89. The molecule has 0 aliphatic rings. The summed E-state index contributed by atoms with van der Waals surface area (Å²) in [6.45, 7) is 3.69. The fraction of sp³-hybridized carbons (Fsp3) is 0.278. The van der Waals surface area contributed by atoms with Crippen molar-refractivity contribution in [3.63, 3.8) is 0 Å². The Morgan fingerprint density at radius 3 is 2.62 bits per heavy atom. The summed E-state index contributed by atoms with van der Waals surface area (Å²) in [6, 6.07) is 13.5. The predicted molar refractivity (Wildman–Crippen MR) is 91.0 cm³/mol. The van der Waals surface area contributed by atoms with Crippen molar-refractivity contribution in [3.8, 4) is 5.75 Å². The van der Waals surface area contributed by atoms with Crippen LogP contribution in [-0.4, -0.2) is 29.4 Å². The monoisotopic (exact) mass is 328 g/mol. The molecule has 0 saturated carbocycles. The first-order valence-electron chi connectivity index (χ1n) is 7.58. The first kappa shape index (κ1) is 17.5. The van der Waals surface area contributed by atoms with E-state index in [1.54, 1.807) is 25.2 Å². The summed E-state index contributed by atoms with van der Waals surface area (Å²) >= 11 is 0. The molecule has 0 heterocycles. The number of hydrogen-bond donors (Lipinski definition) is 0. The molecule has 0 fully saturated rings. The van der Waals surface area contributed by atoms with Crippen molar-refractivity contribution < 1.29 is 14.5 Å². The Bertz CT molecular complexity index is 745. The van der Waals surface area contributed by atoms with E-state index >= 15 is 0 Å². The molecule has 6 nitrogen and oxygen atoms in total. The highest BCUT2D eigenvalue weighted by Gasteiger charge is 2.19. The van der Waals surface area contributed by atoms with Gasteiger partial charge < -0.3 is 9.64 Å². The number of carbonyl (C=O) groups is 1. The van der Waals surface area contributed by atoms with Crippen molar-refractivity contribution in [2.75, 3.05) is 13.7 Å². The zero-order chi connectivity index (χ0) is 17.7. The first-order chi connectivity index (χ1) is 11.4. The van der Waals surface area contributed by atoms with Crippen LogP contribution in [0.4, 0.5) is 5.69 Å². The largest absolute Gasteiger partial charge is 0.484 e. The van der Waals surface area contributed by atoms with Crippen LogP contribution in [0.25, 0.3) is 0 Å². The minimum Gasteiger partial charge on any atom is -0.484 e. The molecule has 0 radical (unpaired) electrons. The number of likely N-dealkylation sites (N-methyl/N-ethyl adjacent to an activating group) is 1. The van der Waals surface area contributed by atoms with Gasteiger partial charge in [0.1, 0.15) is 5.75 Å². The highest BCUT2D eigenvalue weighted by atomic mass is 16.6. The smallest absolute Gasteiger partial charge is 0.269 e. The van der Waals surface area contributed by atoms with E-state index in [-0.39, 0.29) is 24.2 Å². The van der Waals surface area contributed by atoms with Gasteiger partial charge in [-0.3, -0.25) is 14.9 Å². The average molecular weight is 328 g/mol. The van der Waals surface area contributed by atoms with E-state index in [1.807, 2.05) is 32.0 Å². The van der Waals surface area contributed by atoms with Crippen molar-refractivity contribution in [2.45, 2.75) is 19.9 Å². The number of benzene rings is 2. The molecular weight excluding hydrogens is 308 g/mol. The second kappa shape index (κ2) is 7.59. The maximum atomic E-state index is 12.3. The van der Waals surface area contributed by atoms with Gasteiger partial charge in [0.2, 0.25) is 0 Å². The van der Waals surface area contributed by atoms with Crippen LogP contribution < -0.4 is 4.74 Å². The SMILES string of the molecule is Cc1cccc(OCC(=O)N(C)[C@H](C)c2cccc([N+](=O)[O-])c2)c1. The van der Waals surface area contributed by atoms with Gasteiger partial charge in [0.15, 0.2) is 6.61 Å². The molecule has 0 spiro atoms. The summed E-state index contributed by atoms with van der Waals surface area (Å²) < 4.78 is 5.52. The normalized spacial score (nSPS) is 11.6. The maximum Gasteiger partial charge on any atom is 0.269 e. The zero-order valence-electron chi connectivity index (χ0n) is 13.9. The number of aryl methyl sites for hydroxylation is 1. The van der Waals surface area contributed by atoms with Crippen molar-refractivity contribution >= 4 is 11.6 Å². The number of nitro benzene ring substituents is 1. The molecule has 0 aliphatic heterocycles. The summed E-state index contributed by atoms with van der Waals surface area (Å²) in [5.74, 6) is 0.440. The minimum absolute atomic E-state index is 0.0104. The molecule has 0 unspecified atom stereocenters. The highest BCUT2D eigenvalue weighted by Crippen LogP contribution is 2.23. The third kappa shape index (κ3) is 4.32. The van der Waals surface area contributed by atoms with Crippen LogP contribution in [0, 0.1) is 17.0 Å². The fourth-order valence-corrected chi connectivity index (χ4v) is 2.29. The van der Waals surface area contributed by atoms with E-state index in [0.29, 0.717) is 11.3 Å². The maximum absolute atomic E-state index is 12.3. The van der Waals surface area contributed by atoms with Gasteiger partial charge in [-0.1, -0.05) is 24.3 Å². The highest BCUT2D eigenvalue weighted by molar-refractivity contribution is 5.78. The van der Waals surface area contributed by atoms with Gasteiger partial charge in [0, 0.05) is 19.2 Å². The fourth-order valence-electron chi connectivity index (χ4n) is 2.29. The van der Waals surface area contributed by atoms with Gasteiger partial charge in [-0.05, 0) is 37.1 Å². The van der Waals surface area contributed by atoms with Gasteiger partial charge in [-0.25, -0.2) is 0 Å². The molecule has 2 aromatic rings. The first-order valence-corrected chi connectivity index (χ1v) is 7.58. The van der Waals surface area contributed by atoms with Crippen LogP contribution in [0.15, 0.2) is 48.5 Å². The van der Waals surface area contributed by atoms with Crippen LogP contribution in [0.1, 0.15) is 24.1 Å². The van der Waals surface area contributed by atoms with Crippen molar-refractivity contribution in [1.82, 2.24) is 4.90 Å². The Balaban J connectivity index is 2.01. The summed E-state index contributed by atoms with van der Waals surface area (Å²) in [7, 11) is 1.66. The lowest BCUT2D eigenvalue weighted by Gasteiger charge is -2.25. The minimum atomic E-state index is -0.446. The molecule has 2 aromatic carbocycles. The van der Waals surface area contributed by atoms with E-state index in [4.69, 9.17) is 4.74 Å². The molecule has 0 saturated heterocycles. The summed E-state index contributed by atoms with van der Waals surface area (Å²) in [5.41, 5.74) is 1.77. The molecule has 0 N–H and O–H groups in total. The number of nitrogens with zero attached hydrogens (tertiary/aromatic N) is 2. The number of hydrogen-bond acceptors (Lipinski definition) is 4. The molecule has 126 valence electrons. The molecular formula is C18H20N2O4. The second-order valence-electron chi connectivity index (χ2n) is 5.64. The van der Waals surface area contributed by atoms with Gasteiger partial charge >= 0.3 is 0 Å². The molecule has 1 amide bonds. The zero-order valence-corrected chi connectivity index (χ0v) is 13.9. The number of rotatable bonds is 6. The van der Waals surface area contributed by atoms with E-state index in [1.165, 1.54) is 17.0 Å². The average Bonchev–Trinajstić information content (AvgIpc) is 2.58. The van der Waals surface area contributed by atoms with Crippen LogP contribution in [-0.2, 0) is 4.79 Å². The summed E-state index contributed by atoms with van der Waals surface area (Å²) in [4.78, 5) is 24.3. The van der Waals surface area contributed by atoms with Gasteiger partial charge in [0.25, 0.3) is 11.6 Å². The predicted octanol–water partition coefficient (Wildman–Crippen LogP) is 3.50. The Hall–Kier alpha value is -2.89. The van der Waals surface area contributed by atoms with Crippen LogP contribution in [0.2, 0.25) is 0 Å². The van der Waals surface area contributed by atoms with Crippen LogP contribution in [0.5, 0.6) is 5.75 Å². The number of amides is 1. The topological polar surface area (TPSA) is 72.7 Å². The van der Waals surface area contributed by atoms with Crippen molar-refractivity contribution in [3.05, 3.63) is 69.8 Å². The second-order valence-corrected chi connectivity index (χ2v) is 5.64.